The van der Waals surface area contributed by atoms with E-state index >= 15 is 0 Å². The van der Waals surface area contributed by atoms with Gasteiger partial charge in [0.15, 0.2) is 0 Å². The van der Waals surface area contributed by atoms with Crippen molar-refractivity contribution in [1.82, 2.24) is 10.3 Å². The van der Waals surface area contributed by atoms with Crippen molar-refractivity contribution >= 4 is 5.91 Å². The van der Waals surface area contributed by atoms with Crippen LogP contribution >= 0.6 is 0 Å². The monoisotopic (exact) mass is 266 g/mol. The summed E-state index contributed by atoms with van der Waals surface area (Å²) in [5.74, 6) is -0.215. The molecule has 1 aromatic rings. The topological polar surface area (TPSA) is 82.2 Å². The molecular weight excluding hydrogens is 244 g/mol. The Kier molecular flexibility index (Phi) is 4.89. The molecule has 3 N–H and O–H groups in total. The van der Waals surface area contributed by atoms with Gasteiger partial charge in [0.1, 0.15) is 0 Å². The van der Waals surface area contributed by atoms with Gasteiger partial charge in [0.2, 0.25) is 5.56 Å². The van der Waals surface area contributed by atoms with Gasteiger partial charge in [-0.15, -0.1) is 0 Å². The van der Waals surface area contributed by atoms with Crippen molar-refractivity contribution in [2.75, 3.05) is 6.54 Å². The van der Waals surface area contributed by atoms with E-state index in [4.69, 9.17) is 0 Å². The van der Waals surface area contributed by atoms with E-state index in [-0.39, 0.29) is 16.9 Å². The van der Waals surface area contributed by atoms with Crippen molar-refractivity contribution in [3.8, 4) is 0 Å². The van der Waals surface area contributed by atoms with Crippen molar-refractivity contribution in [1.29, 1.82) is 0 Å². The zero-order valence-corrected chi connectivity index (χ0v) is 11.9. The molecule has 1 rings (SSSR count). The molecule has 0 saturated heterocycles. The van der Waals surface area contributed by atoms with Crippen molar-refractivity contribution in [2.24, 2.45) is 5.41 Å². The molecule has 0 aliphatic heterocycles. The lowest BCUT2D eigenvalue weighted by atomic mass is 9.87. The molecular formula is C14H22N2O3. The Balaban J connectivity index is 2.68. The van der Waals surface area contributed by atoms with Crippen molar-refractivity contribution < 1.29 is 9.90 Å². The molecule has 0 bridgehead atoms. The number of H-pyrrole nitrogens is 1. The summed E-state index contributed by atoms with van der Waals surface area (Å²) in [6, 6.07) is 1.40. The summed E-state index contributed by atoms with van der Waals surface area (Å²) in [7, 11) is 0. The van der Waals surface area contributed by atoms with E-state index in [0.29, 0.717) is 24.1 Å². The van der Waals surface area contributed by atoms with Gasteiger partial charge in [-0.05, 0) is 31.2 Å². The summed E-state index contributed by atoms with van der Waals surface area (Å²) in [6.07, 6.45) is 1.63. The molecule has 1 heterocycles. The molecule has 0 aliphatic rings. The second-order valence-electron chi connectivity index (χ2n) is 5.79. The van der Waals surface area contributed by atoms with Gasteiger partial charge in [-0.2, -0.15) is 0 Å². The van der Waals surface area contributed by atoms with Gasteiger partial charge in [-0.25, -0.2) is 0 Å². The van der Waals surface area contributed by atoms with Crippen LogP contribution in [0.15, 0.2) is 17.1 Å². The van der Waals surface area contributed by atoms with Crippen molar-refractivity contribution in [3.05, 3.63) is 33.7 Å². The van der Waals surface area contributed by atoms with E-state index < -0.39 is 6.10 Å². The molecule has 106 valence electrons. The van der Waals surface area contributed by atoms with Crippen LogP contribution in [0.2, 0.25) is 0 Å². The highest BCUT2D eigenvalue weighted by atomic mass is 16.3. The summed E-state index contributed by atoms with van der Waals surface area (Å²) < 4.78 is 0. The number of amides is 1. The van der Waals surface area contributed by atoms with E-state index in [0.717, 1.165) is 0 Å². The van der Waals surface area contributed by atoms with E-state index in [1.54, 1.807) is 13.8 Å². The fourth-order valence-corrected chi connectivity index (χ4v) is 2.10. The van der Waals surface area contributed by atoms with E-state index in [1.807, 2.05) is 13.8 Å². The minimum atomic E-state index is -0.401. The molecule has 1 atom stereocenters. The third-order valence-corrected chi connectivity index (χ3v) is 2.95. The minimum Gasteiger partial charge on any atom is -0.393 e. The number of nitrogens with one attached hydrogen (secondary N) is 2. The fraction of sp³-hybridized carbons (Fsp3) is 0.571. The number of aromatic amines is 1. The zero-order valence-electron chi connectivity index (χ0n) is 11.9. The predicted octanol–water partition coefficient (Wildman–Crippen LogP) is 1.21. The maximum absolute atomic E-state index is 12.0. The second kappa shape index (κ2) is 6.02. The molecule has 1 aromatic heterocycles. The Morgan fingerprint density at radius 2 is 2.16 bits per heavy atom. The third-order valence-electron chi connectivity index (χ3n) is 2.95. The van der Waals surface area contributed by atoms with E-state index in [9.17, 15) is 14.7 Å². The highest BCUT2D eigenvalue weighted by Gasteiger charge is 2.21. The normalized spacial score (nSPS) is 13.1. The Labute approximate surface area is 113 Å². The number of rotatable bonds is 5. The van der Waals surface area contributed by atoms with Gasteiger partial charge in [-0.3, -0.25) is 9.59 Å². The fourth-order valence-electron chi connectivity index (χ4n) is 2.10. The Hall–Kier alpha value is -1.62. The number of aliphatic hydroxyl groups excluding tert-OH is 1. The molecule has 1 amide bonds. The quantitative estimate of drug-likeness (QED) is 0.749. The Bertz CT molecular complexity index is 504. The van der Waals surface area contributed by atoms with E-state index in [1.165, 1.54) is 12.3 Å². The summed E-state index contributed by atoms with van der Waals surface area (Å²) in [6.45, 7) is 7.90. The van der Waals surface area contributed by atoms with Gasteiger partial charge in [-0.1, -0.05) is 13.8 Å². The number of aryl methyl sites for hydroxylation is 1. The van der Waals surface area contributed by atoms with Crippen molar-refractivity contribution in [3.63, 3.8) is 0 Å². The number of pyridine rings is 1. The lowest BCUT2D eigenvalue weighted by Gasteiger charge is -2.26. The molecule has 1 unspecified atom stereocenters. The van der Waals surface area contributed by atoms with Gasteiger partial charge >= 0.3 is 0 Å². The van der Waals surface area contributed by atoms with Crippen LogP contribution in [0.3, 0.4) is 0 Å². The van der Waals surface area contributed by atoms with Gasteiger partial charge in [0.05, 0.1) is 11.7 Å². The first-order valence-corrected chi connectivity index (χ1v) is 6.37. The van der Waals surface area contributed by atoms with Crippen LogP contribution in [0.5, 0.6) is 0 Å². The lowest BCUT2D eigenvalue weighted by molar-refractivity contribution is 0.0901. The standard InChI is InChI=1S/C14H22N2O3/c1-9-5-12(18)15-7-11(9)13(19)16-8-14(3,4)6-10(2)17/h5,7,10,17H,6,8H2,1-4H3,(H,15,18)(H,16,19). The second-order valence-corrected chi connectivity index (χ2v) is 5.79. The van der Waals surface area contributed by atoms with Crippen LogP contribution in [-0.2, 0) is 0 Å². The smallest absolute Gasteiger partial charge is 0.253 e. The summed E-state index contributed by atoms with van der Waals surface area (Å²) >= 11 is 0. The molecule has 0 saturated carbocycles. The van der Waals surface area contributed by atoms with Crippen LogP contribution in [0, 0.1) is 12.3 Å². The first-order chi connectivity index (χ1) is 8.71. The van der Waals surface area contributed by atoms with Gasteiger partial charge in [0.25, 0.3) is 5.91 Å². The largest absolute Gasteiger partial charge is 0.393 e. The number of aromatic nitrogens is 1. The number of hydrogen-bond acceptors (Lipinski definition) is 3. The highest BCUT2D eigenvalue weighted by molar-refractivity contribution is 5.95. The first-order valence-electron chi connectivity index (χ1n) is 6.37. The van der Waals surface area contributed by atoms with Crippen molar-refractivity contribution in [2.45, 2.75) is 40.2 Å². The Morgan fingerprint density at radius 1 is 1.53 bits per heavy atom. The minimum absolute atomic E-state index is 0.181. The molecule has 0 spiro atoms. The average Bonchev–Trinajstić information content (AvgIpc) is 2.24. The van der Waals surface area contributed by atoms with Gasteiger partial charge in [0, 0.05) is 18.8 Å². The molecule has 5 nitrogen and oxygen atoms in total. The number of hydrogen-bond donors (Lipinski definition) is 3. The average molecular weight is 266 g/mol. The molecule has 0 aliphatic carbocycles. The first kappa shape index (κ1) is 15.4. The van der Waals surface area contributed by atoms with E-state index in [2.05, 4.69) is 10.3 Å². The zero-order chi connectivity index (χ0) is 14.6. The molecule has 0 radical (unpaired) electrons. The lowest BCUT2D eigenvalue weighted by Crippen LogP contribution is -2.36. The molecule has 0 aromatic carbocycles. The Morgan fingerprint density at radius 3 is 2.68 bits per heavy atom. The SMILES string of the molecule is Cc1cc(=O)[nH]cc1C(=O)NCC(C)(C)CC(C)O. The maximum atomic E-state index is 12.0. The summed E-state index contributed by atoms with van der Waals surface area (Å²) in [4.78, 5) is 25.6. The number of carbonyl (C=O) groups is 1. The molecule has 19 heavy (non-hydrogen) atoms. The van der Waals surface area contributed by atoms with Crippen LogP contribution < -0.4 is 10.9 Å². The predicted molar refractivity (Wildman–Crippen MR) is 74.2 cm³/mol. The number of carbonyl (C=O) groups excluding carboxylic acids is 1. The number of aliphatic hydroxyl groups is 1. The molecule has 5 heteroatoms. The molecule has 0 fully saturated rings. The maximum Gasteiger partial charge on any atom is 0.253 e. The summed E-state index contributed by atoms with van der Waals surface area (Å²) in [5.41, 5.74) is 0.713. The third kappa shape index (κ3) is 4.87. The van der Waals surface area contributed by atoms with Crippen LogP contribution in [0.25, 0.3) is 0 Å². The van der Waals surface area contributed by atoms with Crippen LogP contribution in [-0.4, -0.2) is 28.6 Å². The summed E-state index contributed by atoms with van der Waals surface area (Å²) in [5, 5.41) is 12.2. The van der Waals surface area contributed by atoms with Crippen LogP contribution in [0.4, 0.5) is 0 Å². The van der Waals surface area contributed by atoms with Gasteiger partial charge < -0.3 is 15.4 Å². The highest BCUT2D eigenvalue weighted by Crippen LogP contribution is 2.21. The van der Waals surface area contributed by atoms with Crippen LogP contribution in [0.1, 0.15) is 43.1 Å².